The van der Waals surface area contributed by atoms with Crippen molar-refractivity contribution in [3.05, 3.63) is 24.8 Å². The van der Waals surface area contributed by atoms with E-state index >= 15 is 0 Å². The average Bonchev–Trinajstić information content (AvgIpc) is 2.63. The zero-order valence-corrected chi connectivity index (χ0v) is 16.8. The number of piperazine rings is 1. The highest BCUT2D eigenvalue weighted by molar-refractivity contribution is 5.87. The number of likely N-dealkylation sites (N-methyl/N-ethyl adjacent to an activating group) is 1. The number of rotatable bonds is 12. The Balaban J connectivity index is 2.10. The molecule has 5 nitrogen and oxygen atoms in total. The van der Waals surface area contributed by atoms with Gasteiger partial charge in [0.15, 0.2) is 0 Å². The van der Waals surface area contributed by atoms with Gasteiger partial charge in [-0.1, -0.05) is 31.9 Å². The van der Waals surface area contributed by atoms with Crippen LogP contribution in [-0.2, 0) is 14.3 Å². The first-order valence-electron chi connectivity index (χ1n) is 10.1. The number of hydrogen-bond donors (Lipinski definition) is 0. The minimum atomic E-state index is -0.200. The highest BCUT2D eigenvalue weighted by atomic mass is 16.5. The first-order chi connectivity index (χ1) is 12.5. The lowest BCUT2D eigenvalue weighted by molar-refractivity contribution is -0.924. The summed E-state index contributed by atoms with van der Waals surface area (Å²) >= 11 is 0. The number of hydrogen-bond acceptors (Lipinski definition) is 3. The molecule has 0 atom stereocenters. The Hall–Kier alpha value is -1.62. The van der Waals surface area contributed by atoms with Crippen molar-refractivity contribution in [2.24, 2.45) is 0 Å². The van der Waals surface area contributed by atoms with Crippen LogP contribution >= 0.6 is 0 Å². The van der Waals surface area contributed by atoms with Crippen LogP contribution < -0.4 is 0 Å². The molecule has 1 rings (SSSR count). The lowest BCUT2D eigenvalue weighted by Crippen LogP contribution is -2.60. The Bertz CT molecular complexity index is 466. The van der Waals surface area contributed by atoms with E-state index in [9.17, 15) is 9.59 Å². The van der Waals surface area contributed by atoms with Crippen LogP contribution in [0.25, 0.3) is 0 Å². The predicted molar refractivity (Wildman–Crippen MR) is 106 cm³/mol. The fourth-order valence-corrected chi connectivity index (χ4v) is 3.41. The van der Waals surface area contributed by atoms with E-state index in [2.05, 4.69) is 13.5 Å². The van der Waals surface area contributed by atoms with Gasteiger partial charge in [-0.2, -0.15) is 0 Å². The number of carbonyl (C=O) groups excluding carboxylic acids is 2. The quantitative estimate of drug-likeness (QED) is 0.175. The molecule has 0 radical (unpaired) electrons. The van der Waals surface area contributed by atoms with Crippen LogP contribution in [0.2, 0.25) is 0 Å². The number of carbonyl (C=O) groups is 2. The lowest BCUT2D eigenvalue weighted by Gasteiger charge is -2.43. The fraction of sp³-hybridized carbons (Fsp3) is 0.714. The molecule has 1 saturated heterocycles. The molecule has 1 aliphatic rings. The molecule has 0 aromatic carbocycles. The van der Waals surface area contributed by atoms with Gasteiger partial charge in [0.25, 0.3) is 0 Å². The Kier molecular flexibility index (Phi) is 10.9. The number of allylic oxidation sites excluding steroid dienone is 1. The van der Waals surface area contributed by atoms with Crippen LogP contribution in [-0.4, -0.2) is 67.1 Å². The highest BCUT2D eigenvalue weighted by Gasteiger charge is 2.31. The standard InChI is InChI=1S/C21H37N2O3/c1-4-16-23(5-2)17-14-22(15-18-23)21(25)13-11-9-7-6-8-10-12-19-26-20(3)24/h4,11,13H,1,5-10,12,14-19H2,2-3H3/q+1/b13-11+. The van der Waals surface area contributed by atoms with Gasteiger partial charge in [-0.15, -0.1) is 0 Å². The van der Waals surface area contributed by atoms with E-state index in [4.69, 9.17) is 4.74 Å². The largest absolute Gasteiger partial charge is 0.466 e. The third-order valence-electron chi connectivity index (χ3n) is 5.27. The maximum absolute atomic E-state index is 12.3. The molecule has 1 heterocycles. The van der Waals surface area contributed by atoms with Gasteiger partial charge in [-0.25, -0.2) is 0 Å². The maximum Gasteiger partial charge on any atom is 0.302 e. The van der Waals surface area contributed by atoms with Gasteiger partial charge < -0.3 is 14.1 Å². The molecule has 0 N–H and O–H groups in total. The first kappa shape index (κ1) is 22.4. The molecule has 148 valence electrons. The molecular formula is C21H37N2O3+. The highest BCUT2D eigenvalue weighted by Crippen LogP contribution is 2.14. The Labute approximate surface area is 159 Å². The van der Waals surface area contributed by atoms with Crippen molar-refractivity contribution in [3.63, 3.8) is 0 Å². The van der Waals surface area contributed by atoms with E-state index in [0.717, 1.165) is 82.3 Å². The zero-order valence-electron chi connectivity index (χ0n) is 16.8. The van der Waals surface area contributed by atoms with Gasteiger partial charge in [0.2, 0.25) is 5.91 Å². The van der Waals surface area contributed by atoms with Gasteiger partial charge >= 0.3 is 5.97 Å². The third-order valence-corrected chi connectivity index (χ3v) is 5.27. The molecule has 0 bridgehead atoms. The van der Waals surface area contributed by atoms with E-state index in [1.807, 2.05) is 17.1 Å². The summed E-state index contributed by atoms with van der Waals surface area (Å²) in [6, 6.07) is 0. The van der Waals surface area contributed by atoms with Crippen LogP contribution in [0.4, 0.5) is 0 Å². The van der Waals surface area contributed by atoms with Crippen molar-refractivity contribution in [2.75, 3.05) is 45.9 Å². The van der Waals surface area contributed by atoms with Gasteiger partial charge in [0, 0.05) is 6.92 Å². The molecule has 1 aliphatic heterocycles. The lowest BCUT2D eigenvalue weighted by atomic mass is 10.1. The summed E-state index contributed by atoms with van der Waals surface area (Å²) in [5, 5.41) is 0. The second-order valence-corrected chi connectivity index (χ2v) is 7.20. The normalized spacial score (nSPS) is 16.6. The summed E-state index contributed by atoms with van der Waals surface area (Å²) in [5.74, 6) is -0.0487. The third kappa shape index (κ3) is 8.65. The molecule has 0 unspecified atom stereocenters. The number of nitrogens with zero attached hydrogens (tertiary/aromatic N) is 2. The second kappa shape index (κ2) is 12.7. The molecular weight excluding hydrogens is 328 g/mol. The maximum atomic E-state index is 12.3. The van der Waals surface area contributed by atoms with Gasteiger partial charge in [-0.3, -0.25) is 9.59 Å². The molecule has 26 heavy (non-hydrogen) atoms. The van der Waals surface area contributed by atoms with Crippen molar-refractivity contribution < 1.29 is 18.8 Å². The van der Waals surface area contributed by atoms with E-state index in [1.54, 1.807) is 6.08 Å². The SMILES string of the molecule is C=CC[N+]1(CC)CCN(C(=O)/C=C/CCCCCCCOC(C)=O)CC1. The van der Waals surface area contributed by atoms with E-state index in [0.29, 0.717) is 6.61 Å². The molecule has 1 amide bonds. The Morgan fingerprint density at radius 1 is 1.12 bits per heavy atom. The number of esters is 1. The minimum Gasteiger partial charge on any atom is -0.466 e. The molecule has 0 aliphatic carbocycles. The van der Waals surface area contributed by atoms with E-state index < -0.39 is 0 Å². The van der Waals surface area contributed by atoms with Crippen LogP contribution in [0.5, 0.6) is 0 Å². The minimum absolute atomic E-state index is 0.152. The summed E-state index contributed by atoms with van der Waals surface area (Å²) in [4.78, 5) is 24.9. The molecule has 1 fully saturated rings. The molecule has 0 saturated carbocycles. The number of quaternary nitrogens is 1. The number of unbranched alkanes of at least 4 members (excludes halogenated alkanes) is 5. The van der Waals surface area contributed by atoms with Crippen LogP contribution in [0.3, 0.4) is 0 Å². The topological polar surface area (TPSA) is 46.6 Å². The summed E-state index contributed by atoms with van der Waals surface area (Å²) in [6.45, 7) is 13.9. The molecule has 0 spiro atoms. The van der Waals surface area contributed by atoms with Crippen molar-refractivity contribution in [1.29, 1.82) is 0 Å². The van der Waals surface area contributed by atoms with Crippen LogP contribution in [0, 0.1) is 0 Å². The molecule has 5 heteroatoms. The smallest absolute Gasteiger partial charge is 0.302 e. The van der Waals surface area contributed by atoms with Crippen LogP contribution in [0.15, 0.2) is 24.8 Å². The van der Waals surface area contributed by atoms with Gasteiger partial charge in [0.05, 0.1) is 45.9 Å². The Morgan fingerprint density at radius 2 is 1.77 bits per heavy atom. The summed E-state index contributed by atoms with van der Waals surface area (Å²) in [7, 11) is 0. The van der Waals surface area contributed by atoms with Crippen molar-refractivity contribution >= 4 is 11.9 Å². The van der Waals surface area contributed by atoms with E-state index in [-0.39, 0.29) is 11.9 Å². The van der Waals surface area contributed by atoms with E-state index in [1.165, 1.54) is 6.92 Å². The van der Waals surface area contributed by atoms with Gasteiger partial charge in [-0.05, 0) is 38.3 Å². The first-order valence-corrected chi connectivity index (χ1v) is 10.1. The number of amides is 1. The van der Waals surface area contributed by atoms with Gasteiger partial charge in [0.1, 0.15) is 0 Å². The predicted octanol–water partition coefficient (Wildman–Crippen LogP) is 3.31. The second-order valence-electron chi connectivity index (χ2n) is 7.20. The summed E-state index contributed by atoms with van der Waals surface area (Å²) in [6.07, 6.45) is 12.1. The average molecular weight is 366 g/mol. The number of ether oxygens (including phenoxy) is 1. The molecule has 0 aromatic heterocycles. The fourth-order valence-electron chi connectivity index (χ4n) is 3.41. The monoisotopic (exact) mass is 365 g/mol. The van der Waals surface area contributed by atoms with Crippen LogP contribution in [0.1, 0.15) is 52.4 Å². The summed E-state index contributed by atoms with van der Waals surface area (Å²) in [5.41, 5.74) is 0. The zero-order chi connectivity index (χ0) is 19.3. The van der Waals surface area contributed by atoms with Crippen molar-refractivity contribution in [2.45, 2.75) is 52.4 Å². The van der Waals surface area contributed by atoms with Crippen molar-refractivity contribution in [1.82, 2.24) is 4.90 Å². The summed E-state index contributed by atoms with van der Waals surface area (Å²) < 4.78 is 5.96. The van der Waals surface area contributed by atoms with Crippen molar-refractivity contribution in [3.8, 4) is 0 Å². The Morgan fingerprint density at radius 3 is 2.38 bits per heavy atom. The molecule has 0 aromatic rings.